The lowest BCUT2D eigenvalue weighted by Crippen LogP contribution is -2.29. The second kappa shape index (κ2) is 10.6. The molecule has 1 aromatic heterocycles. The fraction of sp³-hybridized carbons (Fsp3) is 0.290. The third kappa shape index (κ3) is 4.75. The molecule has 0 atom stereocenters. The van der Waals surface area contributed by atoms with Gasteiger partial charge in [0.25, 0.3) is 5.91 Å². The molecular formula is C31H31N5O5. The van der Waals surface area contributed by atoms with Crippen molar-refractivity contribution in [2.75, 3.05) is 43.7 Å². The van der Waals surface area contributed by atoms with Crippen molar-refractivity contribution in [1.82, 2.24) is 10.2 Å². The van der Waals surface area contributed by atoms with Crippen molar-refractivity contribution in [2.45, 2.75) is 25.8 Å². The number of cyclic esters (lactones) is 1. The number of benzene rings is 3. The molecule has 0 bridgehead atoms. The van der Waals surface area contributed by atoms with Crippen molar-refractivity contribution in [3.05, 3.63) is 60.3 Å². The van der Waals surface area contributed by atoms with Gasteiger partial charge < -0.3 is 24.8 Å². The van der Waals surface area contributed by atoms with Crippen LogP contribution in [0.5, 0.6) is 11.5 Å². The van der Waals surface area contributed by atoms with Crippen molar-refractivity contribution < 1.29 is 23.8 Å². The molecular weight excluding hydrogens is 522 g/mol. The molecule has 1 saturated carbocycles. The Morgan fingerprint density at radius 1 is 1.00 bits per heavy atom. The molecule has 1 saturated heterocycles. The number of carbonyl (C=O) groups is 2. The number of carbonyl (C=O) groups excluding carboxylic acids is 2. The molecule has 2 N–H and O–H groups in total. The van der Waals surface area contributed by atoms with Gasteiger partial charge in [-0.15, -0.1) is 10.2 Å². The van der Waals surface area contributed by atoms with Crippen molar-refractivity contribution in [1.29, 1.82) is 0 Å². The van der Waals surface area contributed by atoms with Crippen LogP contribution in [0.25, 0.3) is 33.2 Å². The van der Waals surface area contributed by atoms with Crippen LogP contribution in [0, 0.1) is 0 Å². The largest absolute Gasteiger partial charge is 0.496 e. The molecule has 6 rings (SSSR count). The highest BCUT2D eigenvalue weighted by Gasteiger charge is 2.32. The van der Waals surface area contributed by atoms with Crippen LogP contribution >= 0.6 is 0 Å². The highest BCUT2D eigenvalue weighted by molar-refractivity contribution is 6.06. The van der Waals surface area contributed by atoms with Crippen LogP contribution in [0.15, 0.2) is 54.6 Å². The Morgan fingerprint density at radius 3 is 2.41 bits per heavy atom. The molecule has 0 radical (unpaired) electrons. The molecule has 10 heteroatoms. The van der Waals surface area contributed by atoms with Crippen LogP contribution in [0.3, 0.4) is 0 Å². The topological polar surface area (TPSA) is 120 Å². The first-order valence-corrected chi connectivity index (χ1v) is 13.6. The van der Waals surface area contributed by atoms with Crippen LogP contribution in [-0.4, -0.2) is 62.2 Å². The monoisotopic (exact) mass is 553 g/mol. The lowest BCUT2D eigenvalue weighted by molar-refractivity contribution is 0.0995. The first-order chi connectivity index (χ1) is 19.9. The number of ether oxygens (including phenoxy) is 3. The Balaban J connectivity index is 1.44. The number of rotatable bonds is 9. The van der Waals surface area contributed by atoms with E-state index in [9.17, 15) is 9.59 Å². The van der Waals surface area contributed by atoms with Gasteiger partial charge in [0.2, 0.25) is 0 Å². The minimum atomic E-state index is -0.589. The lowest BCUT2D eigenvalue weighted by Gasteiger charge is -2.25. The molecule has 2 amide bonds. The van der Waals surface area contributed by atoms with Gasteiger partial charge in [-0.25, -0.2) is 4.79 Å². The number of aromatic nitrogens is 2. The van der Waals surface area contributed by atoms with E-state index in [0.29, 0.717) is 41.9 Å². The Labute approximate surface area is 237 Å². The summed E-state index contributed by atoms with van der Waals surface area (Å²) in [6.45, 7) is 3.67. The fourth-order valence-electron chi connectivity index (χ4n) is 5.52. The fourth-order valence-corrected chi connectivity index (χ4v) is 5.52. The SMILES string of the molecule is CCN(c1c(C(N)=O)nnc2cc(-c3cc(-c4ccc(N5CCOC5=O)cc4OC)ccc3OC)ccc12)C1CC1. The van der Waals surface area contributed by atoms with E-state index in [1.165, 1.54) is 0 Å². The minimum absolute atomic E-state index is 0.191. The summed E-state index contributed by atoms with van der Waals surface area (Å²) < 4.78 is 16.5. The number of nitrogens with zero attached hydrogens (tertiary/aromatic N) is 4. The Morgan fingerprint density at radius 2 is 1.76 bits per heavy atom. The number of nitrogens with two attached hydrogens (primary N) is 1. The Bertz CT molecular complexity index is 1670. The molecule has 1 aliphatic heterocycles. The summed E-state index contributed by atoms with van der Waals surface area (Å²) in [6, 6.07) is 17.9. The number of methoxy groups -OCH3 is 2. The van der Waals surface area contributed by atoms with E-state index in [-0.39, 0.29) is 11.8 Å². The molecule has 2 aliphatic rings. The number of fused-ring (bicyclic) bond motifs is 1. The highest BCUT2D eigenvalue weighted by atomic mass is 16.6. The molecule has 0 spiro atoms. The molecule has 0 unspecified atom stereocenters. The quantitative estimate of drug-likeness (QED) is 0.307. The van der Waals surface area contributed by atoms with E-state index >= 15 is 0 Å². The second-order valence-electron chi connectivity index (χ2n) is 10.1. The standard InChI is InChI=1S/C31H31N5O5/c1-4-35(20-7-8-20)29-23-10-5-19(16-25(23)33-34-28(29)30(32)37)24-15-18(6-12-26(24)39-2)22-11-9-21(17-27(22)40-3)36-13-14-41-31(36)38/h5-6,9-12,15-17,20H,4,7-8,13-14H2,1-3H3,(H2,32,37). The van der Waals surface area contributed by atoms with Gasteiger partial charge in [0, 0.05) is 35.2 Å². The van der Waals surface area contributed by atoms with Crippen molar-refractivity contribution in [2.24, 2.45) is 5.73 Å². The summed E-state index contributed by atoms with van der Waals surface area (Å²) in [7, 11) is 3.24. The summed E-state index contributed by atoms with van der Waals surface area (Å²) in [4.78, 5) is 28.1. The van der Waals surface area contributed by atoms with E-state index in [1.54, 1.807) is 19.1 Å². The van der Waals surface area contributed by atoms with Gasteiger partial charge in [0.15, 0.2) is 5.69 Å². The summed E-state index contributed by atoms with van der Waals surface area (Å²) >= 11 is 0. The third-order valence-corrected chi connectivity index (χ3v) is 7.66. The second-order valence-corrected chi connectivity index (χ2v) is 10.1. The number of hydrogen-bond acceptors (Lipinski definition) is 8. The van der Waals surface area contributed by atoms with Gasteiger partial charge in [0.1, 0.15) is 18.1 Å². The van der Waals surface area contributed by atoms with Gasteiger partial charge in [-0.1, -0.05) is 12.1 Å². The molecule has 210 valence electrons. The third-order valence-electron chi connectivity index (χ3n) is 7.66. The zero-order valence-electron chi connectivity index (χ0n) is 23.2. The normalized spacial score (nSPS) is 14.7. The van der Waals surface area contributed by atoms with Gasteiger partial charge in [-0.05, 0) is 67.3 Å². The van der Waals surface area contributed by atoms with Gasteiger partial charge in [0.05, 0.1) is 37.7 Å². The molecule has 2 heterocycles. The van der Waals surface area contributed by atoms with Crippen LogP contribution < -0.4 is 25.0 Å². The highest BCUT2D eigenvalue weighted by Crippen LogP contribution is 2.41. The molecule has 10 nitrogen and oxygen atoms in total. The van der Waals surface area contributed by atoms with Gasteiger partial charge in [-0.2, -0.15) is 0 Å². The van der Waals surface area contributed by atoms with Crippen molar-refractivity contribution in [3.63, 3.8) is 0 Å². The first-order valence-electron chi connectivity index (χ1n) is 13.6. The average molecular weight is 554 g/mol. The van der Waals surface area contributed by atoms with Crippen LogP contribution in [-0.2, 0) is 4.74 Å². The predicted octanol–water partition coefficient (Wildman–Crippen LogP) is 5.03. The molecule has 1 aliphatic carbocycles. The maximum atomic E-state index is 12.3. The van der Waals surface area contributed by atoms with E-state index in [1.807, 2.05) is 54.6 Å². The smallest absolute Gasteiger partial charge is 0.414 e. The van der Waals surface area contributed by atoms with E-state index in [2.05, 4.69) is 22.0 Å². The van der Waals surface area contributed by atoms with Crippen molar-refractivity contribution >= 4 is 34.3 Å². The molecule has 41 heavy (non-hydrogen) atoms. The van der Waals surface area contributed by atoms with E-state index in [4.69, 9.17) is 19.9 Å². The van der Waals surface area contributed by atoms with Crippen LogP contribution in [0.2, 0.25) is 0 Å². The summed E-state index contributed by atoms with van der Waals surface area (Å²) in [6.07, 6.45) is 1.78. The lowest BCUT2D eigenvalue weighted by atomic mass is 9.96. The van der Waals surface area contributed by atoms with E-state index < -0.39 is 5.91 Å². The summed E-state index contributed by atoms with van der Waals surface area (Å²) in [5.74, 6) is 0.734. The number of hydrogen-bond donors (Lipinski definition) is 1. The molecule has 2 fully saturated rings. The van der Waals surface area contributed by atoms with Gasteiger partial charge >= 0.3 is 6.09 Å². The van der Waals surface area contributed by atoms with Gasteiger partial charge in [-0.3, -0.25) is 9.69 Å². The van der Waals surface area contributed by atoms with Crippen LogP contribution in [0.1, 0.15) is 30.3 Å². The maximum absolute atomic E-state index is 12.3. The summed E-state index contributed by atoms with van der Waals surface area (Å²) in [5, 5.41) is 9.46. The zero-order chi connectivity index (χ0) is 28.7. The molecule has 4 aromatic rings. The maximum Gasteiger partial charge on any atom is 0.414 e. The number of primary amides is 1. The van der Waals surface area contributed by atoms with E-state index in [0.717, 1.165) is 52.7 Å². The summed E-state index contributed by atoms with van der Waals surface area (Å²) in [5.41, 5.74) is 11.5. The average Bonchev–Trinajstić information content (AvgIpc) is 3.75. The predicted molar refractivity (Wildman–Crippen MR) is 157 cm³/mol. The molecule has 3 aromatic carbocycles. The minimum Gasteiger partial charge on any atom is -0.496 e. The number of anilines is 2. The zero-order valence-corrected chi connectivity index (χ0v) is 23.2. The Kier molecular flexibility index (Phi) is 6.82. The van der Waals surface area contributed by atoms with Crippen molar-refractivity contribution in [3.8, 4) is 33.8 Å². The van der Waals surface area contributed by atoms with Crippen LogP contribution in [0.4, 0.5) is 16.2 Å². The number of amides is 2. The first kappa shape index (κ1) is 26.4. The Hall–Kier alpha value is -4.86.